The number of aliphatic imine (C=N–C) groups is 1. The first-order valence-electron chi connectivity index (χ1n) is 8.29. The van der Waals surface area contributed by atoms with Crippen molar-refractivity contribution in [2.24, 2.45) is 4.99 Å². The molecular formula is C19H32IN3O. The predicted octanol–water partition coefficient (Wildman–Crippen LogP) is 4.20. The maximum atomic E-state index is 5.66. The predicted molar refractivity (Wildman–Crippen MR) is 114 cm³/mol. The number of nitrogens with one attached hydrogen (secondary N) is 1. The maximum absolute atomic E-state index is 5.66. The second-order valence-electron chi connectivity index (χ2n) is 5.93. The van der Waals surface area contributed by atoms with Crippen LogP contribution in [-0.4, -0.2) is 37.6 Å². The molecule has 0 unspecified atom stereocenters. The van der Waals surface area contributed by atoms with Crippen LogP contribution in [0.5, 0.6) is 0 Å². The molecule has 1 N–H and O–H groups in total. The highest BCUT2D eigenvalue weighted by molar-refractivity contribution is 14.0. The van der Waals surface area contributed by atoms with Crippen molar-refractivity contribution in [1.29, 1.82) is 0 Å². The molecule has 0 aliphatic carbocycles. The number of ether oxygens (including phenoxy) is 1. The summed E-state index contributed by atoms with van der Waals surface area (Å²) in [5.74, 6) is 0.915. The Morgan fingerprint density at radius 2 is 2.08 bits per heavy atom. The minimum atomic E-state index is 0. The molecule has 0 radical (unpaired) electrons. The molecule has 0 aliphatic heterocycles. The summed E-state index contributed by atoms with van der Waals surface area (Å²) < 4.78 is 5.66. The summed E-state index contributed by atoms with van der Waals surface area (Å²) in [7, 11) is 3.88. The smallest absolute Gasteiger partial charge is 0.193 e. The summed E-state index contributed by atoms with van der Waals surface area (Å²) in [6, 6.07) is 8.48. The SMILES string of the molecule is C=CCCCN(C)C(=NC)NCc1cccc(COC(C)C)c1.I. The second kappa shape index (κ2) is 13.2. The third-order valence-corrected chi connectivity index (χ3v) is 3.50. The fraction of sp³-hybridized carbons (Fsp3) is 0.526. The molecule has 0 saturated heterocycles. The van der Waals surface area contributed by atoms with Crippen molar-refractivity contribution >= 4 is 29.9 Å². The monoisotopic (exact) mass is 445 g/mol. The number of guanidine groups is 1. The van der Waals surface area contributed by atoms with E-state index in [-0.39, 0.29) is 30.1 Å². The second-order valence-corrected chi connectivity index (χ2v) is 5.93. The number of nitrogens with zero attached hydrogens (tertiary/aromatic N) is 2. The van der Waals surface area contributed by atoms with Crippen molar-refractivity contribution in [2.75, 3.05) is 20.6 Å². The minimum Gasteiger partial charge on any atom is -0.374 e. The third kappa shape index (κ3) is 9.27. The number of unbranched alkanes of at least 4 members (excludes halogenated alkanes) is 1. The maximum Gasteiger partial charge on any atom is 0.193 e. The Balaban J connectivity index is 0.00000529. The Morgan fingerprint density at radius 1 is 1.38 bits per heavy atom. The van der Waals surface area contributed by atoms with Crippen molar-refractivity contribution < 1.29 is 4.74 Å². The lowest BCUT2D eigenvalue weighted by molar-refractivity contribution is 0.0657. The van der Waals surface area contributed by atoms with Crippen LogP contribution in [0.25, 0.3) is 0 Å². The van der Waals surface area contributed by atoms with Crippen molar-refractivity contribution in [3.8, 4) is 0 Å². The summed E-state index contributed by atoms with van der Waals surface area (Å²) in [6.45, 7) is 10.2. The van der Waals surface area contributed by atoms with Crippen molar-refractivity contribution in [1.82, 2.24) is 10.2 Å². The molecule has 24 heavy (non-hydrogen) atoms. The average Bonchev–Trinajstić information content (AvgIpc) is 2.54. The first-order chi connectivity index (χ1) is 11.1. The molecule has 1 aromatic rings. The molecule has 0 aromatic heterocycles. The van der Waals surface area contributed by atoms with Gasteiger partial charge in [-0.3, -0.25) is 4.99 Å². The zero-order valence-corrected chi connectivity index (χ0v) is 17.7. The standard InChI is InChI=1S/C19H31N3O.HI/c1-6-7-8-12-22(5)19(20-4)21-14-17-10-9-11-18(13-17)15-23-16(2)3;/h6,9-11,13,16H,1,7-8,12,14-15H2,2-5H3,(H,20,21);1H. The van der Waals surface area contributed by atoms with Gasteiger partial charge >= 0.3 is 0 Å². The van der Waals surface area contributed by atoms with Gasteiger partial charge in [0.1, 0.15) is 0 Å². The van der Waals surface area contributed by atoms with Crippen LogP contribution >= 0.6 is 24.0 Å². The van der Waals surface area contributed by atoms with Gasteiger partial charge in [0.15, 0.2) is 5.96 Å². The summed E-state index contributed by atoms with van der Waals surface area (Å²) in [6.07, 6.45) is 4.32. The molecule has 0 saturated carbocycles. The molecule has 5 heteroatoms. The van der Waals surface area contributed by atoms with Crippen LogP contribution in [0.15, 0.2) is 41.9 Å². The number of hydrogen-bond acceptors (Lipinski definition) is 2. The van der Waals surface area contributed by atoms with E-state index in [2.05, 4.69) is 66.9 Å². The number of allylic oxidation sites excluding steroid dienone is 1. The molecule has 1 rings (SSSR count). The lowest BCUT2D eigenvalue weighted by Gasteiger charge is -2.22. The van der Waals surface area contributed by atoms with E-state index < -0.39 is 0 Å². The molecule has 0 atom stereocenters. The lowest BCUT2D eigenvalue weighted by Crippen LogP contribution is -2.38. The van der Waals surface area contributed by atoms with Gasteiger partial charge < -0.3 is 15.0 Å². The molecular weight excluding hydrogens is 413 g/mol. The molecule has 0 bridgehead atoms. The van der Waals surface area contributed by atoms with Gasteiger partial charge in [0.2, 0.25) is 0 Å². The highest BCUT2D eigenvalue weighted by Gasteiger charge is 2.05. The van der Waals surface area contributed by atoms with E-state index in [1.165, 1.54) is 11.1 Å². The molecule has 0 fully saturated rings. The zero-order valence-electron chi connectivity index (χ0n) is 15.4. The van der Waals surface area contributed by atoms with Crippen LogP contribution in [-0.2, 0) is 17.9 Å². The molecule has 1 aromatic carbocycles. The molecule has 0 amide bonds. The quantitative estimate of drug-likeness (QED) is 0.204. The Bertz CT molecular complexity index is 503. The zero-order chi connectivity index (χ0) is 17.1. The molecule has 0 spiro atoms. The van der Waals surface area contributed by atoms with E-state index >= 15 is 0 Å². The molecule has 4 nitrogen and oxygen atoms in total. The van der Waals surface area contributed by atoms with Crippen LogP contribution in [0.1, 0.15) is 37.8 Å². The van der Waals surface area contributed by atoms with Crippen molar-refractivity contribution in [3.05, 3.63) is 48.0 Å². The summed E-state index contributed by atoms with van der Waals surface area (Å²) in [5, 5.41) is 3.41. The number of hydrogen-bond donors (Lipinski definition) is 1. The van der Waals surface area contributed by atoms with Gasteiger partial charge in [0.05, 0.1) is 12.7 Å². The van der Waals surface area contributed by atoms with E-state index in [1.807, 2.05) is 13.1 Å². The van der Waals surface area contributed by atoms with E-state index in [1.54, 1.807) is 0 Å². The largest absolute Gasteiger partial charge is 0.374 e. The van der Waals surface area contributed by atoms with Crippen LogP contribution in [0.4, 0.5) is 0 Å². The molecule has 136 valence electrons. The van der Waals surface area contributed by atoms with E-state index in [0.717, 1.165) is 31.9 Å². The summed E-state index contributed by atoms with van der Waals surface area (Å²) >= 11 is 0. The Morgan fingerprint density at radius 3 is 2.71 bits per heavy atom. The Hall–Kier alpha value is -1.08. The van der Waals surface area contributed by atoms with Gasteiger partial charge in [-0.05, 0) is 37.8 Å². The van der Waals surface area contributed by atoms with E-state index in [9.17, 15) is 0 Å². The lowest BCUT2D eigenvalue weighted by atomic mass is 10.1. The van der Waals surface area contributed by atoms with Gasteiger partial charge in [0, 0.05) is 27.2 Å². The fourth-order valence-electron chi connectivity index (χ4n) is 2.24. The first-order valence-corrected chi connectivity index (χ1v) is 8.29. The Kier molecular flexibility index (Phi) is 12.6. The van der Waals surface area contributed by atoms with Crippen LogP contribution < -0.4 is 5.32 Å². The normalized spacial score (nSPS) is 11.1. The first kappa shape index (κ1) is 22.9. The van der Waals surface area contributed by atoms with Gasteiger partial charge in [0.25, 0.3) is 0 Å². The minimum absolute atomic E-state index is 0. The average molecular weight is 445 g/mol. The van der Waals surface area contributed by atoms with Gasteiger partial charge in [-0.15, -0.1) is 30.6 Å². The van der Waals surface area contributed by atoms with E-state index in [4.69, 9.17) is 4.74 Å². The number of rotatable bonds is 9. The Labute approximate surface area is 164 Å². The fourth-order valence-corrected chi connectivity index (χ4v) is 2.24. The van der Waals surface area contributed by atoms with Crippen LogP contribution in [0.2, 0.25) is 0 Å². The molecule has 0 heterocycles. The highest BCUT2D eigenvalue weighted by atomic mass is 127. The number of halogens is 1. The highest BCUT2D eigenvalue weighted by Crippen LogP contribution is 2.08. The van der Waals surface area contributed by atoms with Gasteiger partial charge in [-0.1, -0.05) is 30.3 Å². The van der Waals surface area contributed by atoms with Gasteiger partial charge in [-0.25, -0.2) is 0 Å². The van der Waals surface area contributed by atoms with Crippen LogP contribution in [0, 0.1) is 0 Å². The van der Waals surface area contributed by atoms with Crippen molar-refractivity contribution in [3.63, 3.8) is 0 Å². The topological polar surface area (TPSA) is 36.9 Å². The summed E-state index contributed by atoms with van der Waals surface area (Å²) in [4.78, 5) is 6.49. The third-order valence-electron chi connectivity index (χ3n) is 3.50. The van der Waals surface area contributed by atoms with Crippen molar-refractivity contribution in [2.45, 2.75) is 45.9 Å². The van der Waals surface area contributed by atoms with Crippen LogP contribution in [0.3, 0.4) is 0 Å². The van der Waals surface area contributed by atoms with Gasteiger partial charge in [-0.2, -0.15) is 0 Å². The van der Waals surface area contributed by atoms with E-state index in [0.29, 0.717) is 6.61 Å². The summed E-state index contributed by atoms with van der Waals surface area (Å²) in [5.41, 5.74) is 2.43. The molecule has 0 aliphatic rings. The number of benzene rings is 1.